The summed E-state index contributed by atoms with van der Waals surface area (Å²) in [4.78, 5) is 16.5. The van der Waals surface area contributed by atoms with Crippen molar-refractivity contribution in [1.29, 1.82) is 0 Å². The van der Waals surface area contributed by atoms with Crippen LogP contribution in [0.2, 0.25) is 0 Å². The van der Waals surface area contributed by atoms with Crippen LogP contribution in [0.15, 0.2) is 51.9 Å². The van der Waals surface area contributed by atoms with Gasteiger partial charge in [0.25, 0.3) is 5.56 Å². The van der Waals surface area contributed by atoms with Crippen molar-refractivity contribution in [1.82, 2.24) is 9.55 Å². The fourth-order valence-electron chi connectivity index (χ4n) is 2.69. The second-order valence-corrected chi connectivity index (χ2v) is 6.48. The first-order valence-corrected chi connectivity index (χ1v) is 8.27. The minimum Gasteiger partial charge on any atom is -0.406 e. The van der Waals surface area contributed by atoms with E-state index in [1.54, 1.807) is 25.1 Å². The molecule has 1 atom stereocenters. The lowest BCUT2D eigenvalue weighted by Crippen LogP contribution is -2.24. The molecule has 3 aromatic rings. The fraction of sp³-hybridized carbons (Fsp3) is 0.176. The summed E-state index contributed by atoms with van der Waals surface area (Å²) in [6.07, 6.45) is -3.63. The molecule has 5 nitrogen and oxygen atoms in total. The number of hydrogen-bond acceptors (Lipinski definition) is 4. The Morgan fingerprint density at radius 2 is 2.00 bits per heavy atom. The molecule has 9 heteroatoms. The Labute approximate surface area is 154 Å². The normalized spacial score (nSPS) is 13.0. The number of nitrogens with zero attached hydrogens (tertiary/aromatic N) is 2. The zero-order valence-electron chi connectivity index (χ0n) is 13.4. The number of ether oxygens (including phenoxy) is 1. The van der Waals surface area contributed by atoms with Crippen LogP contribution in [0, 0.1) is 0 Å². The third-order valence-corrected chi connectivity index (χ3v) is 4.55. The van der Waals surface area contributed by atoms with E-state index in [2.05, 4.69) is 25.7 Å². The van der Waals surface area contributed by atoms with Gasteiger partial charge < -0.3 is 10.5 Å². The second-order valence-electron chi connectivity index (χ2n) is 5.63. The average molecular weight is 428 g/mol. The largest absolute Gasteiger partial charge is 0.573 e. The molecule has 1 heterocycles. The van der Waals surface area contributed by atoms with Crippen LogP contribution in [-0.4, -0.2) is 15.9 Å². The maximum absolute atomic E-state index is 12.4. The Bertz CT molecular complexity index is 1030. The number of rotatable bonds is 3. The second kappa shape index (κ2) is 6.64. The van der Waals surface area contributed by atoms with Crippen molar-refractivity contribution in [2.45, 2.75) is 19.3 Å². The number of hydrogen-bond donors (Lipinski definition) is 1. The van der Waals surface area contributed by atoms with Gasteiger partial charge in [0.05, 0.1) is 23.3 Å². The maximum Gasteiger partial charge on any atom is 0.573 e. The lowest BCUT2D eigenvalue weighted by molar-refractivity contribution is -0.274. The zero-order valence-corrected chi connectivity index (χ0v) is 15.0. The molecule has 2 aromatic carbocycles. The van der Waals surface area contributed by atoms with Crippen molar-refractivity contribution in [3.63, 3.8) is 0 Å². The maximum atomic E-state index is 12.4. The zero-order chi connectivity index (χ0) is 19.1. The van der Waals surface area contributed by atoms with Gasteiger partial charge in [-0.1, -0.05) is 12.1 Å². The van der Waals surface area contributed by atoms with Crippen LogP contribution in [0.1, 0.15) is 18.5 Å². The molecule has 136 valence electrons. The summed E-state index contributed by atoms with van der Waals surface area (Å²) < 4.78 is 43.3. The Balaban J connectivity index is 2.12. The summed E-state index contributed by atoms with van der Waals surface area (Å²) in [6, 6.07) is 8.24. The van der Waals surface area contributed by atoms with Gasteiger partial charge in [0.15, 0.2) is 0 Å². The van der Waals surface area contributed by atoms with E-state index >= 15 is 0 Å². The molecule has 0 fully saturated rings. The van der Waals surface area contributed by atoms with Gasteiger partial charge in [-0.2, -0.15) is 0 Å². The molecule has 3 rings (SSSR count). The van der Waals surface area contributed by atoms with Gasteiger partial charge >= 0.3 is 6.36 Å². The summed E-state index contributed by atoms with van der Waals surface area (Å²) in [7, 11) is 0. The fourth-order valence-corrected chi connectivity index (χ4v) is 3.02. The molecule has 0 amide bonds. The molecular weight excluding hydrogens is 415 g/mol. The Morgan fingerprint density at radius 1 is 1.27 bits per heavy atom. The van der Waals surface area contributed by atoms with Crippen LogP contribution in [-0.2, 0) is 0 Å². The molecule has 26 heavy (non-hydrogen) atoms. The standard InChI is InChI=1S/C17H13BrF3N3O2/c1-9(10-3-2-4-11(5-10)26-17(19,20)21)24-15-6-12(18)13(22)7-14(15)23-8-16(24)25/h2-9H,22H2,1H3/t9-/m0/s1. The molecule has 2 N–H and O–H groups in total. The summed E-state index contributed by atoms with van der Waals surface area (Å²) in [5.41, 5.74) is 7.41. The molecule has 0 aliphatic heterocycles. The Hall–Kier alpha value is -2.55. The van der Waals surface area contributed by atoms with Gasteiger partial charge in [-0.3, -0.25) is 9.36 Å². The highest BCUT2D eigenvalue weighted by molar-refractivity contribution is 9.10. The number of anilines is 1. The van der Waals surface area contributed by atoms with E-state index in [0.29, 0.717) is 26.8 Å². The SMILES string of the molecule is C[C@@H](c1cccc(OC(F)(F)F)c1)n1c(=O)cnc2cc(N)c(Br)cc21. The number of nitrogens with two attached hydrogens (primary N) is 1. The third-order valence-electron chi connectivity index (χ3n) is 3.87. The van der Waals surface area contributed by atoms with E-state index in [4.69, 9.17) is 5.73 Å². The van der Waals surface area contributed by atoms with Gasteiger partial charge in [0.2, 0.25) is 0 Å². The monoisotopic (exact) mass is 427 g/mol. The molecule has 1 aromatic heterocycles. The highest BCUT2D eigenvalue weighted by Crippen LogP contribution is 2.29. The molecule has 0 spiro atoms. The van der Waals surface area contributed by atoms with Crippen LogP contribution in [0.5, 0.6) is 5.75 Å². The summed E-state index contributed by atoms with van der Waals surface area (Å²) in [5, 5.41) is 0. The van der Waals surface area contributed by atoms with Crippen LogP contribution in [0.4, 0.5) is 18.9 Å². The van der Waals surface area contributed by atoms with Crippen molar-refractivity contribution in [2.24, 2.45) is 0 Å². The van der Waals surface area contributed by atoms with Crippen molar-refractivity contribution in [3.05, 3.63) is 63.0 Å². The number of fused-ring (bicyclic) bond motifs is 1. The van der Waals surface area contributed by atoms with E-state index in [1.165, 1.54) is 22.8 Å². The Morgan fingerprint density at radius 3 is 2.69 bits per heavy atom. The van der Waals surface area contributed by atoms with Gasteiger partial charge in [-0.25, -0.2) is 4.98 Å². The molecule has 0 aliphatic carbocycles. The molecule has 0 unspecified atom stereocenters. The minimum atomic E-state index is -4.79. The minimum absolute atomic E-state index is 0.348. The van der Waals surface area contributed by atoms with E-state index in [0.717, 1.165) is 6.20 Å². The lowest BCUT2D eigenvalue weighted by Gasteiger charge is -2.19. The van der Waals surface area contributed by atoms with Crippen molar-refractivity contribution < 1.29 is 17.9 Å². The van der Waals surface area contributed by atoms with Crippen LogP contribution < -0.4 is 16.0 Å². The summed E-state index contributed by atoms with van der Waals surface area (Å²) in [6.45, 7) is 1.71. The third kappa shape index (κ3) is 3.67. The van der Waals surface area contributed by atoms with Crippen LogP contribution >= 0.6 is 15.9 Å². The summed E-state index contributed by atoms with van der Waals surface area (Å²) >= 11 is 3.31. The van der Waals surface area contributed by atoms with Crippen molar-refractivity contribution in [3.8, 4) is 5.75 Å². The highest BCUT2D eigenvalue weighted by Gasteiger charge is 2.31. The number of benzene rings is 2. The highest BCUT2D eigenvalue weighted by atomic mass is 79.9. The molecule has 0 radical (unpaired) electrons. The van der Waals surface area contributed by atoms with E-state index in [9.17, 15) is 18.0 Å². The first-order valence-electron chi connectivity index (χ1n) is 7.47. The lowest BCUT2D eigenvalue weighted by atomic mass is 10.1. The van der Waals surface area contributed by atoms with Gasteiger partial charge in [0, 0.05) is 10.2 Å². The predicted octanol–water partition coefficient (Wildman–Crippen LogP) is 4.25. The molecule has 0 aliphatic rings. The molecule has 0 saturated carbocycles. The van der Waals surface area contributed by atoms with E-state index < -0.39 is 12.4 Å². The van der Waals surface area contributed by atoms with Crippen LogP contribution in [0.3, 0.4) is 0 Å². The number of halogens is 4. The number of aromatic nitrogens is 2. The van der Waals surface area contributed by atoms with E-state index in [-0.39, 0.29) is 11.3 Å². The quantitative estimate of drug-likeness (QED) is 0.634. The van der Waals surface area contributed by atoms with Crippen LogP contribution in [0.25, 0.3) is 11.0 Å². The topological polar surface area (TPSA) is 70.1 Å². The van der Waals surface area contributed by atoms with Gasteiger partial charge in [0.1, 0.15) is 5.75 Å². The van der Waals surface area contributed by atoms with Gasteiger partial charge in [-0.15, -0.1) is 13.2 Å². The predicted molar refractivity (Wildman–Crippen MR) is 95.1 cm³/mol. The first kappa shape index (κ1) is 18.2. The molecular formula is C17H13BrF3N3O2. The number of alkyl halides is 3. The molecule has 0 saturated heterocycles. The number of nitrogen functional groups attached to an aromatic ring is 1. The molecule has 0 bridgehead atoms. The van der Waals surface area contributed by atoms with Crippen molar-refractivity contribution >= 4 is 32.7 Å². The average Bonchev–Trinajstić information content (AvgIpc) is 2.54. The smallest absolute Gasteiger partial charge is 0.406 e. The Kier molecular flexibility index (Phi) is 4.66. The van der Waals surface area contributed by atoms with Crippen molar-refractivity contribution in [2.75, 3.05) is 5.73 Å². The first-order chi connectivity index (χ1) is 12.2. The summed E-state index contributed by atoms with van der Waals surface area (Å²) in [5.74, 6) is -0.348. The van der Waals surface area contributed by atoms with E-state index in [1.807, 2.05) is 0 Å². The van der Waals surface area contributed by atoms with Gasteiger partial charge in [-0.05, 0) is 52.7 Å².